The largest absolute Gasteiger partial charge is 0.368 e. The number of rotatable bonds is 5. The van der Waals surface area contributed by atoms with E-state index >= 15 is 0 Å². The molecular formula is C48H35N3. The van der Waals surface area contributed by atoms with E-state index in [1.807, 2.05) is 0 Å². The van der Waals surface area contributed by atoms with Crippen molar-refractivity contribution in [2.45, 2.75) is 12.1 Å². The third kappa shape index (κ3) is 4.74. The van der Waals surface area contributed by atoms with E-state index in [0.29, 0.717) is 0 Å². The zero-order chi connectivity index (χ0) is 33.9. The van der Waals surface area contributed by atoms with Gasteiger partial charge < -0.3 is 14.5 Å². The van der Waals surface area contributed by atoms with Gasteiger partial charge in [-0.3, -0.25) is 0 Å². The van der Waals surface area contributed by atoms with Gasteiger partial charge in [-0.1, -0.05) is 146 Å². The summed E-state index contributed by atoms with van der Waals surface area (Å²) in [5, 5.41) is 8.72. The highest BCUT2D eigenvalue weighted by Gasteiger charge is 2.28. The fourth-order valence-electron chi connectivity index (χ4n) is 8.20. The second-order valence-corrected chi connectivity index (χ2v) is 13.5. The molecule has 0 radical (unpaired) electrons. The molecule has 3 heterocycles. The number of nitrogens with zero attached hydrogens (tertiary/aromatic N) is 2. The lowest BCUT2D eigenvalue weighted by atomic mass is 9.86. The van der Waals surface area contributed by atoms with Crippen LogP contribution in [0.5, 0.6) is 0 Å². The zero-order valence-electron chi connectivity index (χ0n) is 28.1. The Morgan fingerprint density at radius 2 is 1.04 bits per heavy atom. The van der Waals surface area contributed by atoms with Crippen molar-refractivity contribution in [2.24, 2.45) is 0 Å². The van der Waals surface area contributed by atoms with Crippen LogP contribution >= 0.6 is 0 Å². The minimum absolute atomic E-state index is 0.0514. The lowest BCUT2D eigenvalue weighted by molar-refractivity contribution is 0.514. The Balaban J connectivity index is 1.09. The van der Waals surface area contributed by atoms with E-state index in [2.05, 4.69) is 197 Å². The topological polar surface area (TPSA) is 21.9 Å². The Morgan fingerprint density at radius 3 is 1.80 bits per heavy atom. The summed E-state index contributed by atoms with van der Waals surface area (Å²) in [5.41, 5.74) is 13.1. The van der Waals surface area contributed by atoms with Crippen molar-refractivity contribution in [1.29, 1.82) is 0 Å². The van der Waals surface area contributed by atoms with Crippen molar-refractivity contribution >= 4 is 43.6 Å². The minimum Gasteiger partial charge on any atom is -0.368 e. The molecule has 10 rings (SSSR count). The van der Waals surface area contributed by atoms with Gasteiger partial charge >= 0.3 is 0 Å². The summed E-state index contributed by atoms with van der Waals surface area (Å²) in [5.74, 6) is 0.0514. The molecule has 0 spiro atoms. The van der Waals surface area contributed by atoms with Gasteiger partial charge in [0.2, 0.25) is 0 Å². The second kappa shape index (κ2) is 11.8. The highest BCUT2D eigenvalue weighted by molar-refractivity contribution is 6.18. The SMILES string of the molecule is C=C1C(c2cccc(-c3ccc(-c4ccccc4)cc3)c2)C=CNC1n1c2ccccc2c2cc3c4ccccc4n(-c4ccccc4)c3cc21. The molecule has 0 aliphatic carbocycles. The molecule has 3 heteroatoms. The van der Waals surface area contributed by atoms with E-state index < -0.39 is 0 Å². The molecule has 9 aromatic rings. The smallest absolute Gasteiger partial charge is 0.126 e. The van der Waals surface area contributed by atoms with Crippen molar-refractivity contribution in [1.82, 2.24) is 14.5 Å². The van der Waals surface area contributed by atoms with Crippen LogP contribution in [0.25, 0.3) is 71.6 Å². The van der Waals surface area contributed by atoms with Gasteiger partial charge in [0.15, 0.2) is 0 Å². The molecule has 0 amide bonds. The van der Waals surface area contributed by atoms with Gasteiger partial charge in [0, 0.05) is 33.2 Å². The second-order valence-electron chi connectivity index (χ2n) is 13.5. The molecule has 0 saturated heterocycles. The molecule has 1 aliphatic rings. The first-order valence-corrected chi connectivity index (χ1v) is 17.6. The van der Waals surface area contributed by atoms with Crippen molar-refractivity contribution in [3.05, 3.63) is 200 Å². The number of nitrogens with one attached hydrogen (secondary N) is 1. The van der Waals surface area contributed by atoms with Crippen molar-refractivity contribution in [2.75, 3.05) is 0 Å². The highest BCUT2D eigenvalue weighted by atomic mass is 15.2. The highest BCUT2D eigenvalue weighted by Crippen LogP contribution is 2.43. The number of hydrogen-bond donors (Lipinski definition) is 1. The number of para-hydroxylation sites is 3. The Hall–Kier alpha value is -6.58. The molecule has 2 atom stereocenters. The maximum absolute atomic E-state index is 4.79. The van der Waals surface area contributed by atoms with Gasteiger partial charge in [0.25, 0.3) is 0 Å². The van der Waals surface area contributed by atoms with Crippen molar-refractivity contribution in [3.8, 4) is 27.9 Å². The molecule has 0 bridgehead atoms. The maximum atomic E-state index is 4.79. The average molecular weight is 654 g/mol. The van der Waals surface area contributed by atoms with Crippen LogP contribution in [0, 0.1) is 0 Å². The van der Waals surface area contributed by atoms with Crippen LogP contribution in [0.1, 0.15) is 17.6 Å². The summed E-state index contributed by atoms with van der Waals surface area (Å²) in [6, 6.07) is 61.4. The van der Waals surface area contributed by atoms with Gasteiger partial charge in [-0.25, -0.2) is 0 Å². The summed E-state index contributed by atoms with van der Waals surface area (Å²) < 4.78 is 4.86. The van der Waals surface area contributed by atoms with Crippen LogP contribution in [-0.2, 0) is 0 Å². The third-order valence-electron chi connectivity index (χ3n) is 10.6. The quantitative estimate of drug-likeness (QED) is 0.183. The van der Waals surface area contributed by atoms with Gasteiger partial charge in [0.1, 0.15) is 6.17 Å². The summed E-state index contributed by atoms with van der Waals surface area (Å²) in [6.07, 6.45) is 4.23. The molecule has 7 aromatic carbocycles. The van der Waals surface area contributed by atoms with Gasteiger partial charge in [-0.15, -0.1) is 0 Å². The monoisotopic (exact) mass is 653 g/mol. The molecule has 0 saturated carbocycles. The fourth-order valence-corrected chi connectivity index (χ4v) is 8.20. The average Bonchev–Trinajstić information content (AvgIpc) is 3.70. The van der Waals surface area contributed by atoms with E-state index in [1.165, 1.54) is 71.4 Å². The normalized spacial score (nSPS) is 16.0. The summed E-state index contributed by atoms with van der Waals surface area (Å²) in [4.78, 5) is 0. The number of fused-ring (bicyclic) bond motifs is 6. The molecule has 51 heavy (non-hydrogen) atoms. The van der Waals surface area contributed by atoms with Gasteiger partial charge in [-0.05, 0) is 76.0 Å². The standard InChI is InChI=1S/C48H35N3/c1-32-39(37-16-12-15-36(29-37)35-25-23-34(24-26-35)33-13-4-2-5-14-33)27-28-49-48(32)51-45-22-11-9-20-41(45)43-30-42-40-19-8-10-21-44(40)50(46(42)31-47(43)51)38-17-6-3-7-18-38/h2-31,39,48-49H,1H2. The van der Waals surface area contributed by atoms with E-state index in [4.69, 9.17) is 6.58 Å². The third-order valence-corrected chi connectivity index (χ3v) is 10.6. The fraction of sp³-hybridized carbons (Fsp3) is 0.0417. The first-order valence-electron chi connectivity index (χ1n) is 17.6. The summed E-state index contributed by atoms with van der Waals surface area (Å²) >= 11 is 0. The molecule has 2 unspecified atom stereocenters. The zero-order valence-corrected chi connectivity index (χ0v) is 28.1. The van der Waals surface area contributed by atoms with Crippen LogP contribution in [0.15, 0.2) is 194 Å². The van der Waals surface area contributed by atoms with Crippen LogP contribution < -0.4 is 5.32 Å². The van der Waals surface area contributed by atoms with Gasteiger partial charge in [0.05, 0.1) is 22.1 Å². The lowest BCUT2D eigenvalue weighted by Gasteiger charge is -2.32. The van der Waals surface area contributed by atoms with Crippen LogP contribution in [0.2, 0.25) is 0 Å². The first kappa shape index (κ1) is 29.3. The van der Waals surface area contributed by atoms with Crippen LogP contribution in [-0.4, -0.2) is 9.13 Å². The molecule has 1 N–H and O–H groups in total. The van der Waals surface area contributed by atoms with E-state index in [0.717, 1.165) is 11.3 Å². The molecule has 3 nitrogen and oxygen atoms in total. The predicted octanol–water partition coefficient (Wildman–Crippen LogP) is 12.2. The van der Waals surface area contributed by atoms with E-state index in [-0.39, 0.29) is 12.1 Å². The van der Waals surface area contributed by atoms with Crippen LogP contribution in [0.4, 0.5) is 0 Å². The Labute approximate surface area is 297 Å². The molecule has 0 fully saturated rings. The molecule has 242 valence electrons. The Kier molecular flexibility index (Phi) is 6.78. The van der Waals surface area contributed by atoms with Crippen molar-refractivity contribution in [3.63, 3.8) is 0 Å². The number of benzene rings is 7. The summed E-state index contributed by atoms with van der Waals surface area (Å²) in [7, 11) is 0. The Bertz CT molecular complexity index is 2780. The minimum atomic E-state index is -0.136. The Morgan fingerprint density at radius 1 is 0.451 bits per heavy atom. The van der Waals surface area contributed by atoms with E-state index in [9.17, 15) is 0 Å². The van der Waals surface area contributed by atoms with E-state index in [1.54, 1.807) is 0 Å². The lowest BCUT2D eigenvalue weighted by Crippen LogP contribution is -2.29. The first-order chi connectivity index (χ1) is 25.2. The predicted molar refractivity (Wildman–Crippen MR) is 214 cm³/mol. The maximum Gasteiger partial charge on any atom is 0.126 e. The summed E-state index contributed by atoms with van der Waals surface area (Å²) in [6.45, 7) is 4.79. The molecular weight excluding hydrogens is 619 g/mol. The number of hydrogen-bond acceptors (Lipinski definition) is 1. The number of allylic oxidation sites excluding steroid dienone is 1. The van der Waals surface area contributed by atoms with Crippen molar-refractivity contribution < 1.29 is 0 Å². The van der Waals surface area contributed by atoms with Gasteiger partial charge in [-0.2, -0.15) is 0 Å². The molecule has 1 aliphatic heterocycles. The number of aromatic nitrogens is 2. The molecule has 2 aromatic heterocycles. The van der Waals surface area contributed by atoms with Crippen LogP contribution in [0.3, 0.4) is 0 Å².